The fourth-order valence-electron chi connectivity index (χ4n) is 3.06. The highest BCUT2D eigenvalue weighted by Crippen LogP contribution is 2.11. The fourth-order valence-corrected chi connectivity index (χ4v) is 3.06. The molecule has 1 aromatic heterocycles. The highest BCUT2D eigenvalue weighted by Gasteiger charge is 2.34. The first-order valence-corrected chi connectivity index (χ1v) is 10.5. The molecule has 0 aliphatic rings. The minimum atomic E-state index is -1.78. The number of anilines is 1. The van der Waals surface area contributed by atoms with Crippen molar-refractivity contribution in [3.63, 3.8) is 0 Å². The molecule has 0 aliphatic carbocycles. The van der Waals surface area contributed by atoms with Crippen LogP contribution in [0.15, 0.2) is 53.5 Å². The van der Waals surface area contributed by atoms with Crippen molar-refractivity contribution in [2.75, 3.05) is 23.6 Å². The molecular formula is C23H26FN3O7. The van der Waals surface area contributed by atoms with Crippen molar-refractivity contribution in [3.8, 4) is 0 Å². The van der Waals surface area contributed by atoms with E-state index >= 15 is 0 Å². The van der Waals surface area contributed by atoms with Gasteiger partial charge in [-0.05, 0) is 17.7 Å². The van der Waals surface area contributed by atoms with E-state index in [9.17, 15) is 33.5 Å². The lowest BCUT2D eigenvalue weighted by Gasteiger charge is -2.31. The summed E-state index contributed by atoms with van der Waals surface area (Å²) >= 11 is 0. The normalized spacial score (nSPS) is 11.5. The van der Waals surface area contributed by atoms with Gasteiger partial charge in [0.1, 0.15) is 18.4 Å². The number of rotatable bonds is 13. The molecule has 1 heterocycles. The Kier molecular flexibility index (Phi) is 10.1. The molecule has 2 amide bonds. The van der Waals surface area contributed by atoms with Crippen molar-refractivity contribution in [3.05, 3.63) is 64.6 Å². The minimum absolute atomic E-state index is 0.0811. The van der Waals surface area contributed by atoms with Gasteiger partial charge in [0, 0.05) is 12.6 Å². The maximum absolute atomic E-state index is 13.3. The lowest BCUT2D eigenvalue weighted by Crippen LogP contribution is -2.56. The number of nitrogens with zero attached hydrogens (tertiary/aromatic N) is 2. The van der Waals surface area contributed by atoms with Crippen LogP contribution in [0.4, 0.5) is 10.1 Å². The maximum Gasteiger partial charge on any atom is 0.305 e. The van der Waals surface area contributed by atoms with E-state index in [1.165, 1.54) is 12.1 Å². The Morgan fingerprint density at radius 3 is 2.47 bits per heavy atom. The van der Waals surface area contributed by atoms with Crippen LogP contribution >= 0.6 is 0 Å². The van der Waals surface area contributed by atoms with Crippen LogP contribution in [-0.4, -0.2) is 52.7 Å². The molecule has 0 unspecified atom stereocenters. The number of ketones is 1. The number of alkyl halides is 1. The number of nitrogens with one attached hydrogen (secondary N) is 1. The van der Waals surface area contributed by atoms with Gasteiger partial charge in [-0.3, -0.25) is 24.0 Å². The Bertz CT molecular complexity index is 1070. The summed E-state index contributed by atoms with van der Waals surface area (Å²) in [7, 11) is 0. The lowest BCUT2D eigenvalue weighted by molar-refractivity contribution is -0.140. The molecule has 10 nitrogen and oxygen atoms in total. The molecule has 2 aromatic rings. The van der Waals surface area contributed by atoms with E-state index in [4.69, 9.17) is 4.74 Å². The highest BCUT2D eigenvalue weighted by molar-refractivity contribution is 5.98. The molecule has 0 fully saturated rings. The van der Waals surface area contributed by atoms with Crippen LogP contribution in [0.3, 0.4) is 0 Å². The van der Waals surface area contributed by atoms with E-state index in [1.54, 1.807) is 6.92 Å². The number of Topliss-reactive ketones (excluding diaryl/α,β-unsaturated/α-hetero) is 1. The molecule has 1 atom stereocenters. The zero-order chi connectivity index (χ0) is 25.1. The first-order valence-electron chi connectivity index (χ1n) is 10.5. The summed E-state index contributed by atoms with van der Waals surface area (Å²) < 4.78 is 19.5. The molecule has 0 radical (unpaired) electrons. The van der Waals surface area contributed by atoms with Crippen LogP contribution in [0.25, 0.3) is 0 Å². The second-order valence-electron chi connectivity index (χ2n) is 7.21. The quantitative estimate of drug-likeness (QED) is 0.421. The Hall–Kier alpha value is -3.86. The summed E-state index contributed by atoms with van der Waals surface area (Å²) in [6.07, 6.45) is -0.0252. The Morgan fingerprint density at radius 2 is 1.85 bits per heavy atom. The summed E-state index contributed by atoms with van der Waals surface area (Å²) in [6, 6.07) is 9.98. The summed E-state index contributed by atoms with van der Waals surface area (Å²) in [6.45, 7) is 0.140. The number of carboxylic acids is 1. The number of carbonyl (C=O) groups excluding carboxylic acids is 3. The fraction of sp³-hybridized carbons (Fsp3) is 0.348. The number of carboxylic acid groups (broad SMARTS) is 1. The molecule has 11 heteroatoms. The molecule has 182 valence electrons. The van der Waals surface area contributed by atoms with Crippen LogP contribution in [0.5, 0.6) is 0 Å². The van der Waals surface area contributed by atoms with E-state index in [0.29, 0.717) is 9.69 Å². The Balaban J connectivity index is 2.34. The zero-order valence-electron chi connectivity index (χ0n) is 18.6. The lowest BCUT2D eigenvalue weighted by atomic mass is 10.1. The average Bonchev–Trinajstić information content (AvgIpc) is 2.83. The van der Waals surface area contributed by atoms with Crippen molar-refractivity contribution in [2.45, 2.75) is 38.8 Å². The molecular weight excluding hydrogens is 449 g/mol. The number of amides is 2. The summed E-state index contributed by atoms with van der Waals surface area (Å²) in [4.78, 5) is 61.4. The van der Waals surface area contributed by atoms with Crippen molar-refractivity contribution < 1.29 is 33.4 Å². The largest absolute Gasteiger partial charge is 0.481 e. The summed E-state index contributed by atoms with van der Waals surface area (Å²) in [5, 5.41) is 12.2. The van der Waals surface area contributed by atoms with Gasteiger partial charge in [-0.1, -0.05) is 37.3 Å². The average molecular weight is 475 g/mol. The van der Waals surface area contributed by atoms with Gasteiger partial charge in [0.15, 0.2) is 5.78 Å². The van der Waals surface area contributed by atoms with Crippen LogP contribution in [0.2, 0.25) is 0 Å². The van der Waals surface area contributed by atoms with Gasteiger partial charge in [0.2, 0.25) is 11.8 Å². The Morgan fingerprint density at radius 1 is 1.15 bits per heavy atom. The summed E-state index contributed by atoms with van der Waals surface area (Å²) in [5.41, 5.74) is -0.210. The second kappa shape index (κ2) is 13.0. The SMILES string of the molecule is CCC(=O)Nc1cccn(N(C(=O)CCOCc2ccccc2)[C@H](CC(=O)O)C(=O)CF)c1=O. The van der Waals surface area contributed by atoms with Crippen molar-refractivity contribution in [1.29, 1.82) is 0 Å². The molecule has 2 rings (SSSR count). The number of halogens is 1. The number of hydrogen-bond donors (Lipinski definition) is 2. The van der Waals surface area contributed by atoms with Gasteiger partial charge < -0.3 is 15.2 Å². The number of aromatic nitrogens is 1. The third kappa shape index (κ3) is 7.34. The number of ether oxygens (including phenoxy) is 1. The van der Waals surface area contributed by atoms with Crippen LogP contribution < -0.4 is 15.9 Å². The molecule has 0 bridgehead atoms. The van der Waals surface area contributed by atoms with Crippen LogP contribution in [-0.2, 0) is 30.5 Å². The van der Waals surface area contributed by atoms with Crippen molar-refractivity contribution >= 4 is 29.3 Å². The zero-order valence-corrected chi connectivity index (χ0v) is 18.6. The first-order chi connectivity index (χ1) is 16.3. The standard InChI is InChI=1S/C23H26FN3O7/c1-2-20(29)25-17-9-6-11-26(23(17)33)27(18(13-22(31)32)19(28)14-24)21(30)10-12-34-15-16-7-4-3-5-8-16/h3-9,11,18H,2,10,12-15H2,1H3,(H,25,29)(H,31,32)/t18-/m1/s1. The molecule has 34 heavy (non-hydrogen) atoms. The first kappa shape index (κ1) is 26.4. The van der Waals surface area contributed by atoms with Crippen molar-refractivity contribution in [2.24, 2.45) is 0 Å². The molecule has 0 saturated carbocycles. The molecule has 0 saturated heterocycles. The van der Waals surface area contributed by atoms with Gasteiger partial charge in [-0.2, -0.15) is 0 Å². The van der Waals surface area contributed by atoms with Gasteiger partial charge in [0.05, 0.1) is 26.1 Å². The molecule has 1 aromatic carbocycles. The predicted octanol–water partition coefficient (Wildman–Crippen LogP) is 1.65. The Labute approximate surface area is 194 Å². The number of pyridine rings is 1. The molecule has 0 spiro atoms. The van der Waals surface area contributed by atoms with Crippen molar-refractivity contribution in [1.82, 2.24) is 4.68 Å². The van der Waals surface area contributed by atoms with Gasteiger partial charge in [-0.15, -0.1) is 0 Å². The smallest absolute Gasteiger partial charge is 0.305 e. The maximum atomic E-state index is 13.3. The predicted molar refractivity (Wildman–Crippen MR) is 121 cm³/mol. The highest BCUT2D eigenvalue weighted by atomic mass is 19.1. The number of benzene rings is 1. The summed E-state index contributed by atoms with van der Waals surface area (Å²) in [5.74, 6) is -3.95. The number of aliphatic carboxylic acids is 1. The second-order valence-corrected chi connectivity index (χ2v) is 7.21. The monoisotopic (exact) mass is 475 g/mol. The molecule has 0 aliphatic heterocycles. The number of carbonyl (C=O) groups is 4. The molecule has 2 N–H and O–H groups in total. The third-order valence-corrected chi connectivity index (χ3v) is 4.75. The van der Waals surface area contributed by atoms with E-state index < -0.39 is 48.3 Å². The van der Waals surface area contributed by atoms with Crippen LogP contribution in [0, 0.1) is 0 Å². The minimum Gasteiger partial charge on any atom is -0.481 e. The van der Waals surface area contributed by atoms with E-state index in [1.807, 2.05) is 30.3 Å². The van der Waals surface area contributed by atoms with Gasteiger partial charge in [-0.25, -0.2) is 14.1 Å². The third-order valence-electron chi connectivity index (χ3n) is 4.75. The van der Waals surface area contributed by atoms with E-state index in [2.05, 4.69) is 5.32 Å². The van der Waals surface area contributed by atoms with E-state index in [0.717, 1.165) is 11.8 Å². The number of hydrogen-bond acceptors (Lipinski definition) is 6. The van der Waals surface area contributed by atoms with Gasteiger partial charge >= 0.3 is 5.97 Å². The van der Waals surface area contributed by atoms with Crippen LogP contribution in [0.1, 0.15) is 31.7 Å². The van der Waals surface area contributed by atoms with E-state index in [-0.39, 0.29) is 31.7 Å². The topological polar surface area (TPSA) is 135 Å². The van der Waals surface area contributed by atoms with Gasteiger partial charge in [0.25, 0.3) is 5.56 Å².